The third-order valence-electron chi connectivity index (χ3n) is 2.78. The summed E-state index contributed by atoms with van der Waals surface area (Å²) in [4.78, 5) is 4.21. The molecule has 0 fully saturated rings. The molecule has 0 aliphatic rings. The van der Waals surface area contributed by atoms with Gasteiger partial charge in [-0.1, -0.05) is 42.8 Å². The second kappa shape index (κ2) is 4.60. The van der Waals surface area contributed by atoms with Gasteiger partial charge in [0.05, 0.1) is 0 Å². The van der Waals surface area contributed by atoms with Gasteiger partial charge in [0, 0.05) is 12.6 Å². The highest BCUT2D eigenvalue weighted by Gasteiger charge is 2.13. The van der Waals surface area contributed by atoms with E-state index in [-0.39, 0.29) is 5.15 Å². The molecule has 2 rings (SSSR count). The number of hydrogen-bond acceptors (Lipinski definition) is 2. The van der Waals surface area contributed by atoms with Crippen molar-refractivity contribution >= 4 is 11.6 Å². The van der Waals surface area contributed by atoms with Crippen LogP contribution >= 0.6 is 11.6 Å². The molecule has 4 heteroatoms. The van der Waals surface area contributed by atoms with Gasteiger partial charge in [0.1, 0.15) is 11.9 Å². The molecule has 2 aromatic rings. The summed E-state index contributed by atoms with van der Waals surface area (Å²) in [6.45, 7) is 2.11. The van der Waals surface area contributed by atoms with Crippen molar-refractivity contribution in [1.29, 1.82) is 5.26 Å². The van der Waals surface area contributed by atoms with Crippen LogP contribution < -0.4 is 0 Å². The van der Waals surface area contributed by atoms with E-state index in [0.29, 0.717) is 11.5 Å². The van der Waals surface area contributed by atoms with Crippen LogP contribution in [0.1, 0.15) is 18.2 Å². The van der Waals surface area contributed by atoms with Gasteiger partial charge in [-0.15, -0.1) is 0 Å². The van der Waals surface area contributed by atoms with Gasteiger partial charge < -0.3 is 4.57 Å². The van der Waals surface area contributed by atoms with Gasteiger partial charge in [-0.05, 0) is 12.0 Å². The fourth-order valence-corrected chi connectivity index (χ4v) is 1.98. The van der Waals surface area contributed by atoms with Crippen LogP contribution in [0.2, 0.25) is 5.15 Å². The molecule has 1 aromatic carbocycles. The van der Waals surface area contributed by atoms with E-state index < -0.39 is 0 Å². The Morgan fingerprint density at radius 1 is 1.35 bits per heavy atom. The molecule has 0 atom stereocenters. The molecule has 0 amide bonds. The highest BCUT2D eigenvalue weighted by Crippen LogP contribution is 2.24. The van der Waals surface area contributed by atoms with E-state index in [4.69, 9.17) is 16.9 Å². The molecule has 0 bridgehead atoms. The Hall–Kier alpha value is -1.79. The zero-order valence-electron chi connectivity index (χ0n) is 9.74. The van der Waals surface area contributed by atoms with Gasteiger partial charge >= 0.3 is 0 Å². The van der Waals surface area contributed by atoms with Crippen LogP contribution in [0.4, 0.5) is 0 Å². The number of halogens is 1. The van der Waals surface area contributed by atoms with Crippen molar-refractivity contribution in [1.82, 2.24) is 9.55 Å². The highest BCUT2D eigenvalue weighted by atomic mass is 35.5. The van der Waals surface area contributed by atoms with Crippen molar-refractivity contribution in [2.75, 3.05) is 0 Å². The minimum Gasteiger partial charge on any atom is -0.318 e. The zero-order chi connectivity index (χ0) is 12.4. The molecule has 17 heavy (non-hydrogen) atoms. The minimum absolute atomic E-state index is 0.254. The Balaban J connectivity index is 2.50. The number of aryl methyl sites for hydroxylation is 1. The van der Waals surface area contributed by atoms with E-state index in [1.54, 1.807) is 11.6 Å². The maximum absolute atomic E-state index is 8.95. The predicted octanol–water partition coefficient (Wildman–Crippen LogP) is 3.17. The van der Waals surface area contributed by atoms with Gasteiger partial charge in [0.25, 0.3) is 0 Å². The van der Waals surface area contributed by atoms with Crippen LogP contribution in [-0.2, 0) is 13.5 Å². The molecule has 1 aromatic heterocycles. The van der Waals surface area contributed by atoms with E-state index in [1.807, 2.05) is 18.2 Å². The highest BCUT2D eigenvalue weighted by molar-refractivity contribution is 6.30. The van der Waals surface area contributed by atoms with Crippen molar-refractivity contribution in [3.63, 3.8) is 0 Å². The summed E-state index contributed by atoms with van der Waals surface area (Å²) >= 11 is 5.90. The predicted molar refractivity (Wildman–Crippen MR) is 67.7 cm³/mol. The maximum Gasteiger partial charge on any atom is 0.166 e. The lowest BCUT2D eigenvalue weighted by Gasteiger charge is -2.03. The largest absolute Gasteiger partial charge is 0.318 e. The summed E-state index contributed by atoms with van der Waals surface area (Å²) in [7, 11) is 1.79. The van der Waals surface area contributed by atoms with Crippen LogP contribution in [0.5, 0.6) is 0 Å². The third-order valence-corrected chi connectivity index (χ3v) is 3.04. The summed E-state index contributed by atoms with van der Waals surface area (Å²) in [5.41, 5.74) is 2.63. The minimum atomic E-state index is 0.254. The lowest BCUT2D eigenvalue weighted by atomic mass is 10.1. The molecular weight excluding hydrogens is 234 g/mol. The molecule has 86 valence electrons. The van der Waals surface area contributed by atoms with E-state index >= 15 is 0 Å². The molecule has 0 saturated heterocycles. The van der Waals surface area contributed by atoms with Gasteiger partial charge in [0.2, 0.25) is 0 Å². The molecule has 0 radical (unpaired) electrons. The number of nitrogens with zero attached hydrogens (tertiary/aromatic N) is 3. The van der Waals surface area contributed by atoms with Crippen LogP contribution in [0.15, 0.2) is 24.3 Å². The number of aromatic nitrogens is 2. The summed E-state index contributed by atoms with van der Waals surface area (Å²) in [5, 5.41) is 9.20. The molecule has 0 unspecified atom stereocenters. The average molecular weight is 246 g/mol. The first kappa shape index (κ1) is 11.7. The van der Waals surface area contributed by atoms with Crippen molar-refractivity contribution in [3.8, 4) is 17.5 Å². The van der Waals surface area contributed by atoms with Crippen LogP contribution in [0, 0.1) is 11.3 Å². The molecule has 0 saturated carbocycles. The number of rotatable bonds is 2. The molecule has 0 N–H and O–H groups in total. The first-order chi connectivity index (χ1) is 8.17. The average Bonchev–Trinajstić information content (AvgIpc) is 2.64. The van der Waals surface area contributed by atoms with Crippen LogP contribution in [0.25, 0.3) is 11.4 Å². The van der Waals surface area contributed by atoms with Gasteiger partial charge in [0.15, 0.2) is 10.8 Å². The second-order valence-corrected chi connectivity index (χ2v) is 4.15. The van der Waals surface area contributed by atoms with Crippen molar-refractivity contribution in [2.24, 2.45) is 7.05 Å². The maximum atomic E-state index is 8.95. The first-order valence-electron chi connectivity index (χ1n) is 5.39. The first-order valence-corrected chi connectivity index (χ1v) is 5.76. The lowest BCUT2D eigenvalue weighted by Crippen LogP contribution is -1.95. The molecule has 0 aliphatic heterocycles. The van der Waals surface area contributed by atoms with Gasteiger partial charge in [-0.3, -0.25) is 0 Å². The fraction of sp³-hybridized carbons (Fsp3) is 0.231. The summed E-state index contributed by atoms with van der Waals surface area (Å²) < 4.78 is 1.71. The Morgan fingerprint density at radius 3 is 2.47 bits per heavy atom. The number of nitriles is 1. The van der Waals surface area contributed by atoms with E-state index in [0.717, 1.165) is 12.0 Å². The Kier molecular flexibility index (Phi) is 3.16. The number of benzene rings is 1. The molecule has 0 aliphatic carbocycles. The monoisotopic (exact) mass is 245 g/mol. The topological polar surface area (TPSA) is 41.6 Å². The van der Waals surface area contributed by atoms with Gasteiger partial charge in [-0.2, -0.15) is 5.26 Å². The van der Waals surface area contributed by atoms with Crippen molar-refractivity contribution < 1.29 is 0 Å². The quantitative estimate of drug-likeness (QED) is 0.816. The van der Waals surface area contributed by atoms with Crippen molar-refractivity contribution in [2.45, 2.75) is 13.3 Å². The second-order valence-electron chi connectivity index (χ2n) is 3.80. The molecule has 3 nitrogen and oxygen atoms in total. The molecular formula is C13H12ClN3. The normalized spacial score (nSPS) is 10.2. The van der Waals surface area contributed by atoms with Crippen LogP contribution in [0.3, 0.4) is 0 Å². The van der Waals surface area contributed by atoms with Crippen LogP contribution in [-0.4, -0.2) is 9.55 Å². The van der Waals surface area contributed by atoms with Crippen molar-refractivity contribution in [3.05, 3.63) is 40.7 Å². The smallest absolute Gasteiger partial charge is 0.166 e. The zero-order valence-corrected chi connectivity index (χ0v) is 10.5. The Labute approximate surface area is 105 Å². The summed E-state index contributed by atoms with van der Waals surface area (Å²) in [5.74, 6) is 0.717. The summed E-state index contributed by atoms with van der Waals surface area (Å²) in [6, 6.07) is 10.2. The fourth-order valence-electron chi connectivity index (χ4n) is 1.73. The number of hydrogen-bond donors (Lipinski definition) is 0. The van der Waals surface area contributed by atoms with E-state index in [9.17, 15) is 0 Å². The lowest BCUT2D eigenvalue weighted by molar-refractivity contribution is 0.907. The Bertz CT molecular complexity index is 576. The van der Waals surface area contributed by atoms with E-state index in [1.165, 1.54) is 5.56 Å². The van der Waals surface area contributed by atoms with E-state index in [2.05, 4.69) is 24.0 Å². The number of imidazole rings is 1. The SMILES string of the molecule is CCc1ccc(-c2nc(Cl)c(C#N)n2C)cc1. The summed E-state index contributed by atoms with van der Waals surface area (Å²) in [6.07, 6.45) is 1.01. The molecule has 1 heterocycles. The third kappa shape index (κ3) is 2.04. The molecule has 0 spiro atoms. The standard InChI is InChI=1S/C13H12ClN3/c1-3-9-4-6-10(7-5-9)13-16-12(14)11(8-15)17(13)2/h4-7H,3H2,1-2H3. The van der Waals surface area contributed by atoms with Gasteiger partial charge in [-0.25, -0.2) is 4.98 Å². The Morgan fingerprint density at radius 2 is 2.00 bits per heavy atom.